The molecule has 0 radical (unpaired) electrons. The van der Waals surface area contributed by atoms with Crippen LogP contribution in [0.4, 0.5) is 5.82 Å². The maximum atomic E-state index is 12.2. The minimum Gasteiger partial charge on any atom is -0.357 e. The highest BCUT2D eigenvalue weighted by Crippen LogP contribution is 2.17. The van der Waals surface area contributed by atoms with Gasteiger partial charge in [-0.15, -0.1) is 0 Å². The summed E-state index contributed by atoms with van der Waals surface area (Å²) in [6.45, 7) is 5.82. The summed E-state index contributed by atoms with van der Waals surface area (Å²) in [6.07, 6.45) is 4.14. The Morgan fingerprint density at radius 1 is 1.10 bits per heavy atom. The molecule has 2 aliphatic rings. The van der Waals surface area contributed by atoms with Gasteiger partial charge in [-0.25, -0.2) is 9.99 Å². The van der Waals surface area contributed by atoms with Gasteiger partial charge in [-0.1, -0.05) is 0 Å². The summed E-state index contributed by atoms with van der Waals surface area (Å²) in [5.74, 6) is 0.906. The molecule has 0 atom stereocenters. The Morgan fingerprint density at radius 2 is 1.81 bits per heavy atom. The largest absolute Gasteiger partial charge is 0.357 e. The fraction of sp³-hybridized carbons (Fsp3) is 0.600. The Hall–Kier alpha value is -1.66. The number of amides is 1. The average molecular weight is 289 g/mol. The zero-order valence-electron chi connectivity index (χ0n) is 12.6. The second-order valence-corrected chi connectivity index (χ2v) is 5.83. The van der Waals surface area contributed by atoms with Crippen molar-refractivity contribution in [3.8, 4) is 0 Å². The van der Waals surface area contributed by atoms with Crippen molar-refractivity contribution in [3.05, 3.63) is 23.9 Å². The van der Waals surface area contributed by atoms with Crippen LogP contribution >= 0.6 is 0 Å². The Labute approximate surface area is 125 Å². The third-order valence-electron chi connectivity index (χ3n) is 4.20. The van der Waals surface area contributed by atoms with Crippen molar-refractivity contribution in [1.29, 1.82) is 0 Å². The minimum absolute atomic E-state index is 0.0694. The molecule has 114 valence electrons. The van der Waals surface area contributed by atoms with Crippen molar-refractivity contribution in [2.24, 2.45) is 0 Å². The summed E-state index contributed by atoms with van der Waals surface area (Å²) in [7, 11) is 2.10. The molecule has 21 heavy (non-hydrogen) atoms. The first-order valence-electron chi connectivity index (χ1n) is 7.68. The molecule has 6 heteroatoms. The number of rotatable bonds is 3. The number of hydrogen-bond donors (Lipinski definition) is 1. The van der Waals surface area contributed by atoms with Gasteiger partial charge in [0.15, 0.2) is 0 Å². The zero-order valence-corrected chi connectivity index (χ0v) is 12.6. The van der Waals surface area contributed by atoms with Crippen molar-refractivity contribution < 1.29 is 4.79 Å². The van der Waals surface area contributed by atoms with Crippen LogP contribution in [0.15, 0.2) is 18.3 Å². The second kappa shape index (κ2) is 6.41. The van der Waals surface area contributed by atoms with E-state index in [1.165, 1.54) is 12.8 Å². The topological polar surface area (TPSA) is 51.7 Å². The molecular formula is C15H23N5O. The lowest BCUT2D eigenvalue weighted by molar-refractivity contribution is 0.0662. The number of nitrogens with one attached hydrogen (secondary N) is 1. The van der Waals surface area contributed by atoms with Crippen LogP contribution in [-0.2, 0) is 0 Å². The first kappa shape index (κ1) is 14.3. The maximum absolute atomic E-state index is 12.2. The molecule has 0 bridgehead atoms. The number of anilines is 1. The molecule has 3 heterocycles. The zero-order chi connectivity index (χ0) is 14.7. The number of likely N-dealkylation sites (N-methyl/N-ethyl adjacent to an activating group) is 1. The van der Waals surface area contributed by atoms with E-state index in [1.807, 2.05) is 17.1 Å². The summed E-state index contributed by atoms with van der Waals surface area (Å²) in [6, 6.07) is 3.82. The number of hydrazine groups is 1. The van der Waals surface area contributed by atoms with Crippen LogP contribution in [0.25, 0.3) is 0 Å². The molecule has 1 amide bonds. The van der Waals surface area contributed by atoms with Gasteiger partial charge in [-0.3, -0.25) is 10.2 Å². The number of pyridine rings is 1. The number of aromatic nitrogens is 1. The van der Waals surface area contributed by atoms with Crippen molar-refractivity contribution >= 4 is 11.7 Å². The van der Waals surface area contributed by atoms with Crippen molar-refractivity contribution in [3.63, 3.8) is 0 Å². The van der Waals surface area contributed by atoms with Gasteiger partial charge in [0, 0.05) is 45.5 Å². The predicted octanol–water partition coefficient (Wildman–Crippen LogP) is 0.574. The molecule has 3 rings (SSSR count). The molecule has 2 saturated heterocycles. The van der Waals surface area contributed by atoms with E-state index in [-0.39, 0.29) is 5.91 Å². The molecule has 1 aromatic rings. The number of carbonyl (C=O) groups excluding carboxylic acids is 1. The average Bonchev–Trinajstić information content (AvgIpc) is 3.04. The highest BCUT2D eigenvalue weighted by molar-refractivity contribution is 5.93. The third kappa shape index (κ3) is 3.51. The summed E-state index contributed by atoms with van der Waals surface area (Å²) >= 11 is 0. The van der Waals surface area contributed by atoms with Gasteiger partial charge in [0.2, 0.25) is 0 Å². The molecule has 0 aromatic carbocycles. The van der Waals surface area contributed by atoms with Gasteiger partial charge in [0.05, 0.1) is 5.56 Å². The van der Waals surface area contributed by atoms with Crippen LogP contribution in [0.2, 0.25) is 0 Å². The Bertz CT molecular complexity index is 475. The van der Waals surface area contributed by atoms with Gasteiger partial charge in [0.1, 0.15) is 5.82 Å². The fourth-order valence-electron chi connectivity index (χ4n) is 2.78. The number of piperazine rings is 1. The maximum Gasteiger partial charge on any atom is 0.267 e. The minimum atomic E-state index is -0.0694. The van der Waals surface area contributed by atoms with Crippen molar-refractivity contribution in [1.82, 2.24) is 20.3 Å². The summed E-state index contributed by atoms with van der Waals surface area (Å²) in [4.78, 5) is 21.2. The van der Waals surface area contributed by atoms with E-state index < -0.39 is 0 Å². The first-order valence-corrected chi connectivity index (χ1v) is 7.68. The van der Waals surface area contributed by atoms with Gasteiger partial charge in [-0.05, 0) is 32.0 Å². The summed E-state index contributed by atoms with van der Waals surface area (Å²) in [5, 5.41) is 1.98. The summed E-state index contributed by atoms with van der Waals surface area (Å²) in [5.41, 5.74) is 3.58. The number of hydrogen-bond acceptors (Lipinski definition) is 5. The molecule has 0 spiro atoms. The number of carbonyl (C=O) groups is 1. The van der Waals surface area contributed by atoms with Crippen LogP contribution < -0.4 is 10.3 Å². The molecule has 1 N–H and O–H groups in total. The Balaban J connectivity index is 1.57. The molecule has 6 nitrogen and oxygen atoms in total. The van der Waals surface area contributed by atoms with Gasteiger partial charge < -0.3 is 9.80 Å². The molecule has 0 saturated carbocycles. The SMILES string of the molecule is CN1CCN(NC(=O)c2ccc(N3CCCC3)nc2)CC1. The Kier molecular flexibility index (Phi) is 4.36. The van der Waals surface area contributed by atoms with E-state index in [4.69, 9.17) is 0 Å². The van der Waals surface area contributed by atoms with Crippen molar-refractivity contribution in [2.45, 2.75) is 12.8 Å². The van der Waals surface area contributed by atoms with E-state index in [0.717, 1.165) is 45.1 Å². The Morgan fingerprint density at radius 3 is 2.43 bits per heavy atom. The van der Waals surface area contributed by atoms with E-state index in [2.05, 4.69) is 27.3 Å². The van der Waals surface area contributed by atoms with E-state index in [9.17, 15) is 4.79 Å². The highest BCUT2D eigenvalue weighted by atomic mass is 16.2. The predicted molar refractivity (Wildman–Crippen MR) is 82.2 cm³/mol. The molecule has 0 unspecified atom stereocenters. The molecule has 2 fully saturated rings. The quantitative estimate of drug-likeness (QED) is 0.882. The van der Waals surface area contributed by atoms with Crippen LogP contribution in [0.3, 0.4) is 0 Å². The smallest absolute Gasteiger partial charge is 0.267 e. The molecule has 1 aromatic heterocycles. The summed E-state index contributed by atoms with van der Waals surface area (Å²) < 4.78 is 0. The van der Waals surface area contributed by atoms with Gasteiger partial charge >= 0.3 is 0 Å². The number of nitrogens with zero attached hydrogens (tertiary/aromatic N) is 4. The van der Waals surface area contributed by atoms with E-state index >= 15 is 0 Å². The van der Waals surface area contributed by atoms with Gasteiger partial charge in [-0.2, -0.15) is 0 Å². The molecule has 0 aliphatic carbocycles. The first-order chi connectivity index (χ1) is 10.2. The second-order valence-electron chi connectivity index (χ2n) is 5.83. The molecular weight excluding hydrogens is 266 g/mol. The lowest BCUT2D eigenvalue weighted by Crippen LogP contribution is -2.52. The fourth-order valence-corrected chi connectivity index (χ4v) is 2.78. The molecule has 2 aliphatic heterocycles. The van der Waals surface area contributed by atoms with Crippen LogP contribution in [0, 0.1) is 0 Å². The van der Waals surface area contributed by atoms with Crippen LogP contribution in [0.1, 0.15) is 23.2 Å². The van der Waals surface area contributed by atoms with Crippen LogP contribution in [0.5, 0.6) is 0 Å². The lowest BCUT2D eigenvalue weighted by Gasteiger charge is -2.32. The standard InChI is InChI=1S/C15H23N5O/c1-18-8-10-20(11-9-18)17-15(21)13-4-5-14(16-12-13)19-6-2-3-7-19/h4-5,12H,2-3,6-11H2,1H3,(H,17,21). The monoisotopic (exact) mass is 289 g/mol. The highest BCUT2D eigenvalue weighted by Gasteiger charge is 2.18. The van der Waals surface area contributed by atoms with Gasteiger partial charge in [0.25, 0.3) is 5.91 Å². The van der Waals surface area contributed by atoms with Crippen LogP contribution in [-0.4, -0.2) is 67.1 Å². The van der Waals surface area contributed by atoms with E-state index in [1.54, 1.807) is 6.20 Å². The third-order valence-corrected chi connectivity index (χ3v) is 4.20. The van der Waals surface area contributed by atoms with Crippen molar-refractivity contribution in [2.75, 3.05) is 51.2 Å². The normalized spacial score (nSPS) is 20.7. The van der Waals surface area contributed by atoms with E-state index in [0.29, 0.717) is 5.56 Å². The lowest BCUT2D eigenvalue weighted by atomic mass is 10.2.